The van der Waals surface area contributed by atoms with Gasteiger partial charge in [0.25, 0.3) is 0 Å². The molecule has 1 amide bonds. The van der Waals surface area contributed by atoms with Gasteiger partial charge in [-0.1, -0.05) is 13.8 Å². The number of hydrogen-bond acceptors (Lipinski definition) is 5. The zero-order valence-corrected chi connectivity index (χ0v) is 10.6. The normalized spacial score (nSPS) is 13.2. The maximum absolute atomic E-state index is 11.3. The molecule has 9 heteroatoms. The Kier molecular flexibility index (Phi) is 5.89. The van der Waals surface area contributed by atoms with Crippen LogP contribution in [0.4, 0.5) is 4.79 Å². The highest BCUT2D eigenvalue weighted by atomic mass is 32.2. The van der Waals surface area contributed by atoms with Crippen LogP contribution in [0, 0.1) is 5.92 Å². The van der Waals surface area contributed by atoms with Crippen LogP contribution in [-0.2, 0) is 19.7 Å². The first kappa shape index (κ1) is 15.7. The lowest BCUT2D eigenvalue weighted by molar-refractivity contribution is -0.139. The molecule has 0 heterocycles. The lowest BCUT2D eigenvalue weighted by Crippen LogP contribution is -2.48. The number of carbonyl (C=O) groups is 2. The molecular weight excluding hydrogens is 252 g/mol. The van der Waals surface area contributed by atoms with Gasteiger partial charge in [-0.05, 0) is 12.3 Å². The predicted molar refractivity (Wildman–Crippen MR) is 58.5 cm³/mol. The summed E-state index contributed by atoms with van der Waals surface area (Å²) in [5, 5.41) is 8.81. The highest BCUT2D eigenvalue weighted by molar-refractivity contribution is 7.88. The quantitative estimate of drug-likeness (QED) is 0.606. The van der Waals surface area contributed by atoms with Gasteiger partial charge in [0.05, 0.1) is 7.11 Å². The molecule has 0 aliphatic heterocycles. The van der Waals surface area contributed by atoms with Crippen LogP contribution >= 0.6 is 0 Å². The van der Waals surface area contributed by atoms with Gasteiger partial charge in [-0.15, -0.1) is 0 Å². The average molecular weight is 268 g/mol. The fraction of sp³-hybridized carbons (Fsp3) is 0.750. The van der Waals surface area contributed by atoms with Crippen molar-refractivity contribution in [1.82, 2.24) is 9.44 Å². The summed E-state index contributed by atoms with van der Waals surface area (Å²) in [4.78, 5) is 21.5. The summed E-state index contributed by atoms with van der Waals surface area (Å²) < 4.78 is 30.1. The second-order valence-electron chi connectivity index (χ2n) is 3.74. The van der Waals surface area contributed by atoms with E-state index in [9.17, 15) is 18.0 Å². The largest absolute Gasteiger partial charge is 0.480 e. The standard InChI is InChI=1S/C8H16N2O6S/c1-5(2)4-6(7(11)12)9-17(14,15)10-8(13)16-3/h5-6,9H,4H2,1-3H3,(H,10,13)(H,11,12). The summed E-state index contributed by atoms with van der Waals surface area (Å²) in [6, 6.07) is -1.29. The molecule has 0 fully saturated rings. The molecule has 17 heavy (non-hydrogen) atoms. The fourth-order valence-corrected chi connectivity index (χ4v) is 1.97. The lowest BCUT2D eigenvalue weighted by Gasteiger charge is -2.16. The van der Waals surface area contributed by atoms with Crippen molar-refractivity contribution < 1.29 is 27.9 Å². The van der Waals surface area contributed by atoms with Gasteiger partial charge in [0.2, 0.25) is 0 Å². The van der Waals surface area contributed by atoms with E-state index in [1.807, 2.05) is 4.72 Å². The molecule has 100 valence electrons. The average Bonchev–Trinajstić information content (AvgIpc) is 2.14. The molecule has 0 saturated heterocycles. The molecule has 0 spiro atoms. The van der Waals surface area contributed by atoms with Crippen LogP contribution in [0.3, 0.4) is 0 Å². The Labute approximate surface area is 99.5 Å². The van der Waals surface area contributed by atoms with Gasteiger partial charge >= 0.3 is 22.3 Å². The minimum atomic E-state index is -4.24. The summed E-state index contributed by atoms with van der Waals surface area (Å²) in [5.74, 6) is -1.33. The van der Waals surface area contributed by atoms with Crippen LogP contribution in [0.15, 0.2) is 0 Å². The van der Waals surface area contributed by atoms with Crippen molar-refractivity contribution in [1.29, 1.82) is 0 Å². The van der Waals surface area contributed by atoms with E-state index < -0.39 is 28.3 Å². The topological polar surface area (TPSA) is 122 Å². The zero-order valence-electron chi connectivity index (χ0n) is 9.76. The molecule has 0 rings (SSSR count). The van der Waals surface area contributed by atoms with Crippen molar-refractivity contribution in [2.45, 2.75) is 26.3 Å². The third-order valence-electron chi connectivity index (χ3n) is 1.71. The van der Waals surface area contributed by atoms with Gasteiger partial charge in [-0.2, -0.15) is 13.1 Å². The van der Waals surface area contributed by atoms with Crippen molar-refractivity contribution in [3.63, 3.8) is 0 Å². The number of amides is 1. The van der Waals surface area contributed by atoms with Crippen molar-refractivity contribution in [2.75, 3.05) is 7.11 Å². The number of hydrogen-bond donors (Lipinski definition) is 3. The van der Waals surface area contributed by atoms with Crippen LogP contribution in [0.25, 0.3) is 0 Å². The first-order valence-electron chi connectivity index (χ1n) is 4.78. The Morgan fingerprint density at radius 3 is 2.24 bits per heavy atom. The molecule has 0 saturated carbocycles. The second kappa shape index (κ2) is 6.40. The van der Waals surface area contributed by atoms with Crippen LogP contribution < -0.4 is 9.44 Å². The monoisotopic (exact) mass is 268 g/mol. The lowest BCUT2D eigenvalue weighted by atomic mass is 10.1. The zero-order chi connectivity index (χ0) is 13.6. The maximum Gasteiger partial charge on any atom is 0.421 e. The van der Waals surface area contributed by atoms with Crippen LogP contribution in [0.1, 0.15) is 20.3 Å². The van der Waals surface area contributed by atoms with Crippen molar-refractivity contribution in [3.05, 3.63) is 0 Å². The Balaban J connectivity index is 4.64. The molecule has 0 aliphatic rings. The van der Waals surface area contributed by atoms with Crippen molar-refractivity contribution in [3.8, 4) is 0 Å². The highest BCUT2D eigenvalue weighted by Crippen LogP contribution is 2.05. The van der Waals surface area contributed by atoms with Crippen LogP contribution in [0.5, 0.6) is 0 Å². The van der Waals surface area contributed by atoms with Gasteiger partial charge in [0.15, 0.2) is 0 Å². The predicted octanol–water partition coefficient (Wildman–Crippen LogP) is -0.324. The van der Waals surface area contributed by atoms with E-state index >= 15 is 0 Å². The molecule has 1 unspecified atom stereocenters. The number of carboxylic acids is 1. The molecular formula is C8H16N2O6S. The number of carboxylic acid groups (broad SMARTS) is 1. The fourth-order valence-electron chi connectivity index (χ4n) is 1.04. The summed E-state index contributed by atoms with van der Waals surface area (Å²) in [6.07, 6.45) is -1.08. The number of rotatable bonds is 6. The number of methoxy groups -OCH3 is 1. The number of aliphatic carboxylic acids is 1. The van der Waals surface area contributed by atoms with Crippen LogP contribution in [0.2, 0.25) is 0 Å². The van der Waals surface area contributed by atoms with E-state index in [4.69, 9.17) is 5.11 Å². The van der Waals surface area contributed by atoms with E-state index in [0.717, 1.165) is 7.11 Å². The molecule has 0 aromatic rings. The van der Waals surface area contributed by atoms with Gasteiger partial charge in [-0.25, -0.2) is 9.52 Å². The van der Waals surface area contributed by atoms with E-state index in [1.165, 1.54) is 4.72 Å². The summed E-state index contributed by atoms with van der Waals surface area (Å²) in [7, 11) is -3.24. The molecule has 8 nitrogen and oxygen atoms in total. The van der Waals surface area contributed by atoms with Gasteiger partial charge in [0.1, 0.15) is 6.04 Å². The van der Waals surface area contributed by atoms with Gasteiger partial charge in [0, 0.05) is 0 Å². The number of carbonyl (C=O) groups excluding carboxylic acids is 1. The smallest absolute Gasteiger partial charge is 0.421 e. The van der Waals surface area contributed by atoms with E-state index in [1.54, 1.807) is 13.8 Å². The first-order valence-corrected chi connectivity index (χ1v) is 6.27. The Morgan fingerprint density at radius 1 is 1.35 bits per heavy atom. The number of nitrogens with one attached hydrogen (secondary N) is 2. The van der Waals surface area contributed by atoms with Crippen molar-refractivity contribution in [2.24, 2.45) is 5.92 Å². The minimum Gasteiger partial charge on any atom is -0.480 e. The molecule has 0 aliphatic carbocycles. The van der Waals surface area contributed by atoms with Crippen molar-refractivity contribution >= 4 is 22.3 Å². The molecule has 0 bridgehead atoms. The summed E-state index contributed by atoms with van der Waals surface area (Å²) in [6.45, 7) is 3.50. The third-order valence-corrected chi connectivity index (χ3v) is 2.74. The highest BCUT2D eigenvalue weighted by Gasteiger charge is 2.26. The third kappa shape index (κ3) is 6.74. The molecule has 0 radical (unpaired) electrons. The molecule has 1 atom stereocenters. The Morgan fingerprint density at radius 2 is 1.88 bits per heavy atom. The van der Waals surface area contributed by atoms with E-state index in [0.29, 0.717) is 0 Å². The SMILES string of the molecule is COC(=O)NS(=O)(=O)NC(CC(C)C)C(=O)O. The van der Waals surface area contributed by atoms with Gasteiger partial charge < -0.3 is 9.84 Å². The van der Waals surface area contributed by atoms with E-state index in [2.05, 4.69) is 4.74 Å². The number of ether oxygens (including phenoxy) is 1. The van der Waals surface area contributed by atoms with Gasteiger partial charge in [-0.3, -0.25) is 4.79 Å². The summed E-state index contributed by atoms with van der Waals surface area (Å²) in [5.41, 5.74) is 0. The second-order valence-corrected chi connectivity index (χ2v) is 5.18. The molecule has 0 aromatic carbocycles. The minimum absolute atomic E-state index is 0.0167. The van der Waals surface area contributed by atoms with Crippen LogP contribution in [-0.4, -0.2) is 38.7 Å². The Bertz CT molecular complexity index is 377. The summed E-state index contributed by atoms with van der Waals surface area (Å²) >= 11 is 0. The Hall–Kier alpha value is -1.35. The maximum atomic E-state index is 11.3. The molecule has 3 N–H and O–H groups in total. The molecule has 0 aromatic heterocycles. The first-order chi connectivity index (χ1) is 7.68. The van der Waals surface area contributed by atoms with E-state index in [-0.39, 0.29) is 12.3 Å².